The van der Waals surface area contributed by atoms with Gasteiger partial charge in [-0.15, -0.1) is 23.7 Å². The highest BCUT2D eigenvalue weighted by Crippen LogP contribution is 2.24. The van der Waals surface area contributed by atoms with Crippen LogP contribution in [0.25, 0.3) is 10.1 Å². The molecule has 1 N–H and O–H groups in total. The van der Waals surface area contributed by atoms with Crippen LogP contribution in [-0.4, -0.2) is 6.54 Å². The summed E-state index contributed by atoms with van der Waals surface area (Å²) in [4.78, 5) is 1.33. The minimum Gasteiger partial charge on any atom is -0.311 e. The lowest BCUT2D eigenvalue weighted by Crippen LogP contribution is -2.19. The molecular weight excluding hydrogens is 252 g/mol. The van der Waals surface area contributed by atoms with Crippen molar-refractivity contribution in [2.75, 3.05) is 6.54 Å². The molecule has 0 aliphatic heterocycles. The lowest BCUT2D eigenvalue weighted by atomic mass is 10.2. The molecule has 1 heterocycles. The van der Waals surface area contributed by atoms with Crippen molar-refractivity contribution in [1.82, 2.24) is 5.32 Å². The maximum Gasteiger partial charge on any atom is 0.0666 e. The van der Waals surface area contributed by atoms with Crippen molar-refractivity contribution >= 4 is 33.8 Å². The number of nitriles is 1. The molecule has 0 fully saturated rings. The Balaban J connectivity index is 0.00000144. The first kappa shape index (κ1) is 14.0. The third-order valence-electron chi connectivity index (χ3n) is 2.45. The van der Waals surface area contributed by atoms with E-state index in [9.17, 15) is 0 Å². The third kappa shape index (κ3) is 3.71. The van der Waals surface area contributed by atoms with Crippen molar-refractivity contribution in [3.63, 3.8) is 0 Å². The van der Waals surface area contributed by atoms with Crippen LogP contribution < -0.4 is 5.32 Å². The lowest BCUT2D eigenvalue weighted by molar-refractivity contribution is 0.605. The van der Waals surface area contributed by atoms with Gasteiger partial charge in [0.15, 0.2) is 0 Å². The fraction of sp³-hybridized carbons (Fsp3) is 0.308. The SMILES string of the molecule is CC(C#N)CNCc1cc2ccccc2s1.Cl. The monoisotopic (exact) mass is 266 g/mol. The normalized spacial score (nSPS) is 11.8. The smallest absolute Gasteiger partial charge is 0.0666 e. The Morgan fingerprint density at radius 1 is 1.41 bits per heavy atom. The maximum absolute atomic E-state index is 8.66. The van der Waals surface area contributed by atoms with Crippen LogP contribution in [0.4, 0.5) is 0 Å². The molecule has 4 heteroatoms. The molecule has 0 radical (unpaired) electrons. The Morgan fingerprint density at radius 2 is 2.18 bits per heavy atom. The van der Waals surface area contributed by atoms with Gasteiger partial charge in [-0.3, -0.25) is 0 Å². The van der Waals surface area contributed by atoms with Crippen molar-refractivity contribution in [3.05, 3.63) is 35.2 Å². The van der Waals surface area contributed by atoms with Crippen LogP contribution in [0.3, 0.4) is 0 Å². The molecule has 0 aliphatic rings. The summed E-state index contributed by atoms with van der Waals surface area (Å²) in [6.07, 6.45) is 0. The van der Waals surface area contributed by atoms with Crippen LogP contribution >= 0.6 is 23.7 Å². The molecule has 1 aromatic carbocycles. The molecule has 2 nitrogen and oxygen atoms in total. The van der Waals surface area contributed by atoms with Gasteiger partial charge < -0.3 is 5.32 Å². The molecule has 0 aliphatic carbocycles. The quantitative estimate of drug-likeness (QED) is 0.918. The molecule has 1 aromatic heterocycles. The molecule has 2 aromatic rings. The fourth-order valence-corrected chi connectivity index (χ4v) is 2.62. The van der Waals surface area contributed by atoms with E-state index in [0.29, 0.717) is 0 Å². The second kappa shape index (κ2) is 6.61. The average Bonchev–Trinajstić information content (AvgIpc) is 2.71. The van der Waals surface area contributed by atoms with E-state index in [-0.39, 0.29) is 18.3 Å². The summed E-state index contributed by atoms with van der Waals surface area (Å²) in [6, 6.07) is 12.8. The first-order chi connectivity index (χ1) is 7.79. The van der Waals surface area contributed by atoms with Crippen molar-refractivity contribution in [1.29, 1.82) is 5.26 Å². The summed E-state index contributed by atoms with van der Waals surface area (Å²) in [5.74, 6) is 0.0781. The third-order valence-corrected chi connectivity index (χ3v) is 3.56. The molecule has 17 heavy (non-hydrogen) atoms. The van der Waals surface area contributed by atoms with Gasteiger partial charge in [-0.1, -0.05) is 18.2 Å². The maximum atomic E-state index is 8.66. The van der Waals surface area contributed by atoms with E-state index in [1.807, 2.05) is 18.3 Å². The van der Waals surface area contributed by atoms with Crippen LogP contribution in [0.15, 0.2) is 30.3 Å². The van der Waals surface area contributed by atoms with Crippen LogP contribution in [0.1, 0.15) is 11.8 Å². The number of hydrogen-bond donors (Lipinski definition) is 1. The molecule has 0 saturated heterocycles. The van der Waals surface area contributed by atoms with Gasteiger partial charge in [0.1, 0.15) is 0 Å². The first-order valence-electron chi connectivity index (χ1n) is 5.37. The summed E-state index contributed by atoms with van der Waals surface area (Å²) in [6.45, 7) is 3.54. The summed E-state index contributed by atoms with van der Waals surface area (Å²) >= 11 is 1.81. The Hall–Kier alpha value is -1.08. The molecule has 90 valence electrons. The summed E-state index contributed by atoms with van der Waals surface area (Å²) in [7, 11) is 0. The Labute approximate surface area is 112 Å². The Morgan fingerprint density at radius 3 is 2.88 bits per heavy atom. The van der Waals surface area contributed by atoms with E-state index < -0.39 is 0 Å². The number of hydrogen-bond acceptors (Lipinski definition) is 3. The average molecular weight is 267 g/mol. The van der Waals surface area contributed by atoms with E-state index in [0.717, 1.165) is 13.1 Å². The number of halogens is 1. The van der Waals surface area contributed by atoms with E-state index in [1.165, 1.54) is 15.0 Å². The van der Waals surface area contributed by atoms with Crippen LogP contribution in [0.5, 0.6) is 0 Å². The predicted octanol–water partition coefficient (Wildman–Crippen LogP) is 3.57. The highest BCUT2D eigenvalue weighted by Gasteiger charge is 2.02. The minimum absolute atomic E-state index is 0. The van der Waals surface area contributed by atoms with E-state index in [1.54, 1.807) is 0 Å². The second-order valence-corrected chi connectivity index (χ2v) is 5.08. The number of nitrogens with one attached hydrogen (secondary N) is 1. The number of fused-ring (bicyclic) bond motifs is 1. The highest BCUT2D eigenvalue weighted by molar-refractivity contribution is 7.19. The molecule has 0 amide bonds. The van der Waals surface area contributed by atoms with Gasteiger partial charge in [0.25, 0.3) is 0 Å². The van der Waals surface area contributed by atoms with Crippen LogP contribution in [0, 0.1) is 17.2 Å². The molecule has 2 rings (SSSR count). The molecule has 0 saturated carbocycles. The Kier molecular flexibility index (Phi) is 5.43. The van der Waals surface area contributed by atoms with Crippen molar-refractivity contribution in [2.45, 2.75) is 13.5 Å². The zero-order valence-corrected chi connectivity index (χ0v) is 11.3. The van der Waals surface area contributed by atoms with E-state index in [4.69, 9.17) is 5.26 Å². The van der Waals surface area contributed by atoms with Crippen LogP contribution in [0.2, 0.25) is 0 Å². The minimum atomic E-state index is 0. The van der Waals surface area contributed by atoms with Gasteiger partial charge in [0.05, 0.1) is 12.0 Å². The van der Waals surface area contributed by atoms with Crippen molar-refractivity contribution in [3.8, 4) is 6.07 Å². The zero-order valence-electron chi connectivity index (χ0n) is 9.64. The predicted molar refractivity (Wildman–Crippen MR) is 75.6 cm³/mol. The number of benzene rings is 1. The summed E-state index contributed by atoms with van der Waals surface area (Å²) in [5.41, 5.74) is 0. The van der Waals surface area contributed by atoms with E-state index >= 15 is 0 Å². The molecular formula is C13H15ClN2S. The highest BCUT2D eigenvalue weighted by atomic mass is 35.5. The molecule has 1 atom stereocenters. The van der Waals surface area contributed by atoms with Crippen LogP contribution in [-0.2, 0) is 6.54 Å². The van der Waals surface area contributed by atoms with Gasteiger partial charge in [-0.25, -0.2) is 0 Å². The first-order valence-corrected chi connectivity index (χ1v) is 6.19. The molecule has 0 bridgehead atoms. The summed E-state index contributed by atoms with van der Waals surface area (Å²) in [5, 5.41) is 13.3. The largest absolute Gasteiger partial charge is 0.311 e. The molecule has 1 unspecified atom stereocenters. The van der Waals surface area contributed by atoms with E-state index in [2.05, 4.69) is 41.7 Å². The number of rotatable bonds is 4. The van der Waals surface area contributed by atoms with Crippen molar-refractivity contribution in [2.24, 2.45) is 5.92 Å². The van der Waals surface area contributed by atoms with Gasteiger partial charge >= 0.3 is 0 Å². The fourth-order valence-electron chi connectivity index (χ4n) is 1.58. The Bertz CT molecular complexity index is 482. The van der Waals surface area contributed by atoms with Crippen molar-refractivity contribution < 1.29 is 0 Å². The zero-order chi connectivity index (χ0) is 11.4. The number of nitrogens with zero attached hydrogens (tertiary/aromatic N) is 1. The van der Waals surface area contributed by atoms with Gasteiger partial charge in [-0.05, 0) is 24.4 Å². The topological polar surface area (TPSA) is 35.8 Å². The van der Waals surface area contributed by atoms with Gasteiger partial charge in [0, 0.05) is 22.7 Å². The second-order valence-electron chi connectivity index (χ2n) is 3.91. The standard InChI is InChI=1S/C13H14N2S.ClH/c1-10(7-14)8-15-9-12-6-11-4-2-3-5-13(11)16-12;/h2-6,10,15H,8-9H2,1H3;1H. The molecule has 0 spiro atoms. The lowest BCUT2D eigenvalue weighted by Gasteiger charge is -2.03. The number of thiophene rings is 1. The van der Waals surface area contributed by atoms with Gasteiger partial charge in [0.2, 0.25) is 0 Å². The van der Waals surface area contributed by atoms with Gasteiger partial charge in [-0.2, -0.15) is 5.26 Å². The summed E-state index contributed by atoms with van der Waals surface area (Å²) < 4.78 is 1.33.